The Bertz CT molecular complexity index is 425. The molecule has 0 aromatic heterocycles. The molecule has 1 aromatic rings. The number of aliphatic hydroxyl groups excluding tert-OH is 1. The van der Waals surface area contributed by atoms with Crippen molar-refractivity contribution < 1.29 is 5.11 Å². The molecule has 1 aliphatic carbocycles. The van der Waals surface area contributed by atoms with Crippen LogP contribution in [-0.4, -0.2) is 18.3 Å². The maximum Gasteiger partial charge on any atom is 0.0508 e. The van der Waals surface area contributed by atoms with E-state index in [9.17, 15) is 5.11 Å². The van der Waals surface area contributed by atoms with E-state index in [4.69, 9.17) is 5.73 Å². The van der Waals surface area contributed by atoms with Gasteiger partial charge in [-0.05, 0) is 23.0 Å². The van der Waals surface area contributed by atoms with Gasteiger partial charge in [-0.1, -0.05) is 52.0 Å². The standard InChI is InChI=1S/C16H25NO/c1-14(2,3)12-5-7-13(8-6-12)15(4)9-16(15,10-17)11-18/h5-8,18H,9-11,17H2,1-4H3. The molecule has 18 heavy (non-hydrogen) atoms. The maximum atomic E-state index is 9.56. The minimum absolute atomic E-state index is 0.0485. The monoisotopic (exact) mass is 247 g/mol. The summed E-state index contributed by atoms with van der Waals surface area (Å²) in [6.45, 7) is 9.61. The van der Waals surface area contributed by atoms with Gasteiger partial charge in [-0.25, -0.2) is 0 Å². The Hall–Kier alpha value is -0.860. The van der Waals surface area contributed by atoms with Gasteiger partial charge in [-0.2, -0.15) is 0 Å². The number of rotatable bonds is 3. The van der Waals surface area contributed by atoms with Gasteiger partial charge < -0.3 is 10.8 Å². The van der Waals surface area contributed by atoms with Crippen LogP contribution in [0.1, 0.15) is 45.2 Å². The third-order valence-electron chi connectivity index (χ3n) is 4.82. The molecule has 2 rings (SSSR count). The van der Waals surface area contributed by atoms with Crippen LogP contribution in [0.5, 0.6) is 0 Å². The third kappa shape index (κ3) is 1.88. The van der Waals surface area contributed by atoms with Crippen LogP contribution in [-0.2, 0) is 10.8 Å². The van der Waals surface area contributed by atoms with Crippen LogP contribution in [0.15, 0.2) is 24.3 Å². The third-order valence-corrected chi connectivity index (χ3v) is 4.82. The van der Waals surface area contributed by atoms with E-state index in [0.717, 1.165) is 6.42 Å². The zero-order chi connectivity index (χ0) is 13.6. The summed E-state index contributed by atoms with van der Waals surface area (Å²) in [5, 5.41) is 9.56. The first-order valence-electron chi connectivity index (χ1n) is 6.71. The fourth-order valence-electron chi connectivity index (χ4n) is 2.97. The smallest absolute Gasteiger partial charge is 0.0508 e. The number of hydrogen-bond acceptors (Lipinski definition) is 2. The molecule has 2 atom stereocenters. The first-order chi connectivity index (χ1) is 8.29. The SMILES string of the molecule is CC(C)(C)c1ccc(C2(C)CC2(CN)CO)cc1. The molecular formula is C16H25NO. The fourth-order valence-corrected chi connectivity index (χ4v) is 2.97. The van der Waals surface area contributed by atoms with Gasteiger partial charge in [-0.15, -0.1) is 0 Å². The Morgan fingerprint density at radius 1 is 1.22 bits per heavy atom. The summed E-state index contributed by atoms with van der Waals surface area (Å²) in [6, 6.07) is 8.82. The minimum atomic E-state index is -0.101. The summed E-state index contributed by atoms with van der Waals surface area (Å²) in [6.07, 6.45) is 0.988. The highest BCUT2D eigenvalue weighted by Crippen LogP contribution is 2.63. The summed E-state index contributed by atoms with van der Waals surface area (Å²) in [4.78, 5) is 0. The van der Waals surface area contributed by atoms with E-state index in [1.54, 1.807) is 0 Å². The molecule has 1 aromatic carbocycles. The minimum Gasteiger partial charge on any atom is -0.396 e. The zero-order valence-electron chi connectivity index (χ0n) is 12.0. The van der Waals surface area contributed by atoms with Gasteiger partial charge in [0.15, 0.2) is 0 Å². The van der Waals surface area contributed by atoms with E-state index >= 15 is 0 Å². The van der Waals surface area contributed by atoms with Gasteiger partial charge in [0.05, 0.1) is 6.61 Å². The second-order valence-electron chi connectivity index (χ2n) is 6.98. The summed E-state index contributed by atoms with van der Waals surface area (Å²) < 4.78 is 0. The Labute approximate surface area is 110 Å². The predicted octanol–water partition coefficient (Wildman–Crippen LogP) is 2.58. The van der Waals surface area contributed by atoms with Crippen LogP contribution >= 0.6 is 0 Å². The fraction of sp³-hybridized carbons (Fsp3) is 0.625. The number of hydrogen-bond donors (Lipinski definition) is 2. The van der Waals surface area contributed by atoms with Crippen LogP contribution < -0.4 is 5.73 Å². The molecule has 1 saturated carbocycles. The summed E-state index contributed by atoms with van der Waals surface area (Å²) in [5.41, 5.74) is 8.61. The van der Waals surface area contributed by atoms with Crippen molar-refractivity contribution in [3.8, 4) is 0 Å². The van der Waals surface area contributed by atoms with Crippen molar-refractivity contribution in [2.75, 3.05) is 13.2 Å². The highest BCUT2D eigenvalue weighted by molar-refractivity contribution is 5.40. The molecule has 0 radical (unpaired) electrons. The lowest BCUT2D eigenvalue weighted by Gasteiger charge is -2.23. The van der Waals surface area contributed by atoms with E-state index < -0.39 is 0 Å². The molecule has 0 saturated heterocycles. The molecule has 3 N–H and O–H groups in total. The Morgan fingerprint density at radius 2 is 1.78 bits per heavy atom. The van der Waals surface area contributed by atoms with E-state index in [1.807, 2.05) is 0 Å². The number of aliphatic hydroxyl groups is 1. The highest BCUT2D eigenvalue weighted by atomic mass is 16.3. The molecule has 1 fully saturated rings. The van der Waals surface area contributed by atoms with Crippen LogP contribution in [0.3, 0.4) is 0 Å². The van der Waals surface area contributed by atoms with E-state index in [0.29, 0.717) is 6.54 Å². The van der Waals surface area contributed by atoms with Gasteiger partial charge in [0.25, 0.3) is 0 Å². The Kier molecular flexibility index (Phi) is 3.07. The van der Waals surface area contributed by atoms with Crippen LogP contribution in [0, 0.1) is 5.41 Å². The molecule has 0 amide bonds. The van der Waals surface area contributed by atoms with Crippen molar-refractivity contribution in [1.82, 2.24) is 0 Å². The molecule has 1 aliphatic rings. The van der Waals surface area contributed by atoms with Crippen molar-refractivity contribution in [2.24, 2.45) is 11.1 Å². The van der Waals surface area contributed by atoms with Crippen molar-refractivity contribution in [3.05, 3.63) is 35.4 Å². The summed E-state index contributed by atoms with van der Waals surface area (Å²) in [5.74, 6) is 0. The molecule has 0 aliphatic heterocycles. The average molecular weight is 247 g/mol. The lowest BCUT2D eigenvalue weighted by Crippen LogP contribution is -2.28. The molecule has 2 heteroatoms. The van der Waals surface area contributed by atoms with Gasteiger partial charge in [0.2, 0.25) is 0 Å². The molecular weight excluding hydrogens is 222 g/mol. The quantitative estimate of drug-likeness (QED) is 0.862. The van der Waals surface area contributed by atoms with Gasteiger partial charge in [0.1, 0.15) is 0 Å². The highest BCUT2D eigenvalue weighted by Gasteiger charge is 2.63. The Balaban J connectivity index is 2.27. The van der Waals surface area contributed by atoms with Gasteiger partial charge in [0, 0.05) is 17.4 Å². The molecule has 100 valence electrons. The summed E-state index contributed by atoms with van der Waals surface area (Å²) in [7, 11) is 0. The van der Waals surface area contributed by atoms with Crippen molar-refractivity contribution in [3.63, 3.8) is 0 Å². The van der Waals surface area contributed by atoms with Crippen molar-refractivity contribution in [2.45, 2.75) is 44.9 Å². The summed E-state index contributed by atoms with van der Waals surface area (Å²) >= 11 is 0. The van der Waals surface area contributed by atoms with E-state index in [-0.39, 0.29) is 22.9 Å². The van der Waals surface area contributed by atoms with E-state index in [1.165, 1.54) is 11.1 Å². The van der Waals surface area contributed by atoms with Crippen molar-refractivity contribution in [1.29, 1.82) is 0 Å². The molecule has 0 spiro atoms. The van der Waals surface area contributed by atoms with Crippen LogP contribution in [0.4, 0.5) is 0 Å². The average Bonchev–Trinajstić information content (AvgIpc) is 2.96. The topological polar surface area (TPSA) is 46.2 Å². The lowest BCUT2D eigenvalue weighted by molar-refractivity contribution is 0.198. The first kappa shape index (κ1) is 13.6. The normalized spacial score (nSPS) is 31.4. The zero-order valence-corrected chi connectivity index (χ0v) is 12.0. The number of benzene rings is 1. The van der Waals surface area contributed by atoms with Crippen LogP contribution in [0.2, 0.25) is 0 Å². The van der Waals surface area contributed by atoms with Crippen molar-refractivity contribution >= 4 is 0 Å². The molecule has 2 nitrogen and oxygen atoms in total. The molecule has 2 unspecified atom stereocenters. The van der Waals surface area contributed by atoms with Gasteiger partial charge in [-0.3, -0.25) is 0 Å². The van der Waals surface area contributed by atoms with E-state index in [2.05, 4.69) is 52.0 Å². The lowest BCUT2D eigenvalue weighted by atomic mass is 9.83. The first-order valence-corrected chi connectivity index (χ1v) is 6.71. The van der Waals surface area contributed by atoms with Gasteiger partial charge >= 0.3 is 0 Å². The molecule has 0 heterocycles. The number of nitrogens with two attached hydrogens (primary N) is 1. The Morgan fingerprint density at radius 3 is 2.11 bits per heavy atom. The predicted molar refractivity (Wildman–Crippen MR) is 75.7 cm³/mol. The van der Waals surface area contributed by atoms with Crippen LogP contribution in [0.25, 0.3) is 0 Å². The maximum absolute atomic E-state index is 9.56. The molecule has 0 bridgehead atoms. The second kappa shape index (κ2) is 4.07. The second-order valence-corrected chi connectivity index (χ2v) is 6.98. The largest absolute Gasteiger partial charge is 0.396 e.